The predicted octanol–water partition coefficient (Wildman–Crippen LogP) is 5.16. The normalized spacial score (nSPS) is 24.5. The van der Waals surface area contributed by atoms with Crippen molar-refractivity contribution in [3.63, 3.8) is 0 Å². The number of unbranched alkanes of at least 4 members (excludes halogenated alkanes) is 15. The Hall–Kier alpha value is -1.41. The molecule has 1 aliphatic carbocycles. The molecular weight excluding hydrogens is 659 g/mol. The van der Waals surface area contributed by atoms with Gasteiger partial charge in [-0.2, -0.15) is 0 Å². The van der Waals surface area contributed by atoms with Crippen molar-refractivity contribution in [2.45, 2.75) is 185 Å². The van der Waals surface area contributed by atoms with Gasteiger partial charge >= 0.3 is 19.8 Å². The summed E-state index contributed by atoms with van der Waals surface area (Å²) >= 11 is 0. The summed E-state index contributed by atoms with van der Waals surface area (Å²) in [5.41, 5.74) is 0. The highest BCUT2D eigenvalue weighted by Crippen LogP contribution is 2.47. The molecule has 6 unspecified atom stereocenters. The zero-order chi connectivity index (χ0) is 36.5. The second kappa shape index (κ2) is 27.3. The molecule has 8 atom stereocenters. The molecule has 0 radical (unpaired) electrons. The quantitative estimate of drug-likeness (QED) is 0.0255. The van der Waals surface area contributed by atoms with Crippen molar-refractivity contribution < 1.29 is 63.1 Å². The first-order valence-electron chi connectivity index (χ1n) is 18.5. The molecule has 6 N–H and O–H groups in total. The first-order valence-corrected chi connectivity index (χ1v) is 20.0. The molecule has 0 aliphatic heterocycles. The Kier molecular flexibility index (Phi) is 25.4. The Morgan fingerprint density at radius 2 is 1.04 bits per heavy atom. The number of allylic oxidation sites excluding steroid dienone is 2. The Labute approximate surface area is 293 Å². The molecule has 13 nitrogen and oxygen atoms in total. The van der Waals surface area contributed by atoms with E-state index in [2.05, 4.69) is 26.0 Å². The summed E-state index contributed by atoms with van der Waals surface area (Å²) in [7, 11) is -5.10. The van der Waals surface area contributed by atoms with Gasteiger partial charge in [0.2, 0.25) is 0 Å². The molecule has 1 rings (SSSR count). The number of phosphoric ester groups is 1. The fourth-order valence-corrected chi connectivity index (χ4v) is 6.49. The molecule has 0 aromatic heterocycles. The van der Waals surface area contributed by atoms with E-state index < -0.39 is 75.7 Å². The van der Waals surface area contributed by atoms with Crippen LogP contribution in [0.1, 0.15) is 142 Å². The molecule has 0 heterocycles. The van der Waals surface area contributed by atoms with Crippen LogP contribution in [0.2, 0.25) is 0 Å². The van der Waals surface area contributed by atoms with Gasteiger partial charge in [-0.3, -0.25) is 18.6 Å². The van der Waals surface area contributed by atoms with Crippen LogP contribution in [0, 0.1) is 0 Å². The van der Waals surface area contributed by atoms with E-state index in [9.17, 15) is 44.6 Å². The number of esters is 2. The summed E-state index contributed by atoms with van der Waals surface area (Å²) < 4.78 is 33.2. The minimum absolute atomic E-state index is 0.0893. The lowest BCUT2D eigenvalue weighted by Crippen LogP contribution is -2.64. The van der Waals surface area contributed by atoms with Crippen LogP contribution < -0.4 is 0 Å². The fourth-order valence-electron chi connectivity index (χ4n) is 5.52. The van der Waals surface area contributed by atoms with Gasteiger partial charge in [0.25, 0.3) is 0 Å². The van der Waals surface area contributed by atoms with Crippen molar-refractivity contribution >= 4 is 19.8 Å². The third-order valence-electron chi connectivity index (χ3n) is 8.61. The molecule has 0 bridgehead atoms. The average Bonchev–Trinajstić information content (AvgIpc) is 3.07. The molecule has 1 fully saturated rings. The van der Waals surface area contributed by atoms with Crippen molar-refractivity contribution in [3.05, 3.63) is 12.2 Å². The van der Waals surface area contributed by atoms with Crippen molar-refractivity contribution in [2.24, 2.45) is 0 Å². The van der Waals surface area contributed by atoms with Gasteiger partial charge in [-0.1, -0.05) is 103 Å². The SMILES string of the molecule is CCCCCC/C=C/CCCCCCCC(=O)O[C@H](COC(=O)CCCCCCCCC)COP(=O)(O)OC1C(O)C(O)C(O)[C@@H](O)C1O. The minimum atomic E-state index is -5.10. The Morgan fingerprint density at radius 1 is 0.612 bits per heavy atom. The largest absolute Gasteiger partial charge is 0.472 e. The molecule has 14 heteroatoms. The van der Waals surface area contributed by atoms with Crippen LogP contribution in [0.5, 0.6) is 0 Å². The van der Waals surface area contributed by atoms with E-state index in [1.807, 2.05) is 0 Å². The molecule has 1 saturated carbocycles. The summed E-state index contributed by atoms with van der Waals surface area (Å²) in [5.74, 6) is -1.12. The van der Waals surface area contributed by atoms with Gasteiger partial charge in [0.05, 0.1) is 6.61 Å². The molecule has 1 aliphatic rings. The van der Waals surface area contributed by atoms with Gasteiger partial charge in [-0.15, -0.1) is 0 Å². The number of carbonyl (C=O) groups excluding carboxylic acids is 2. The van der Waals surface area contributed by atoms with E-state index >= 15 is 0 Å². The van der Waals surface area contributed by atoms with Gasteiger partial charge in [-0.05, 0) is 38.5 Å². The van der Waals surface area contributed by atoms with Gasteiger partial charge in [-0.25, -0.2) is 4.57 Å². The minimum Gasteiger partial charge on any atom is -0.462 e. The highest BCUT2D eigenvalue weighted by Gasteiger charge is 2.51. The van der Waals surface area contributed by atoms with Crippen molar-refractivity contribution in [1.29, 1.82) is 0 Å². The number of aliphatic hydroxyl groups excluding tert-OH is 5. The predicted molar refractivity (Wildman–Crippen MR) is 184 cm³/mol. The monoisotopic (exact) mass is 724 g/mol. The van der Waals surface area contributed by atoms with E-state index in [1.165, 1.54) is 32.1 Å². The molecule has 288 valence electrons. The summed E-state index contributed by atoms with van der Waals surface area (Å²) in [6.07, 6.45) is 10.4. The number of aliphatic hydroxyl groups is 5. The van der Waals surface area contributed by atoms with Crippen LogP contribution in [0.4, 0.5) is 0 Å². The molecule has 0 amide bonds. The summed E-state index contributed by atoms with van der Waals surface area (Å²) in [6, 6.07) is 0. The van der Waals surface area contributed by atoms with Crippen LogP contribution in [0.25, 0.3) is 0 Å². The number of phosphoric acid groups is 1. The van der Waals surface area contributed by atoms with Crippen LogP contribution in [0.15, 0.2) is 12.2 Å². The van der Waals surface area contributed by atoms with Crippen molar-refractivity contribution in [1.82, 2.24) is 0 Å². The van der Waals surface area contributed by atoms with Crippen molar-refractivity contribution in [2.75, 3.05) is 13.2 Å². The zero-order valence-corrected chi connectivity index (χ0v) is 30.6. The van der Waals surface area contributed by atoms with E-state index in [1.54, 1.807) is 0 Å². The maximum atomic E-state index is 12.7. The first-order chi connectivity index (χ1) is 23.4. The highest BCUT2D eigenvalue weighted by molar-refractivity contribution is 7.47. The zero-order valence-electron chi connectivity index (χ0n) is 29.7. The fraction of sp³-hybridized carbons (Fsp3) is 0.886. The number of ether oxygens (including phenoxy) is 2. The first kappa shape index (κ1) is 45.6. The lowest BCUT2D eigenvalue weighted by atomic mass is 9.85. The van der Waals surface area contributed by atoms with Gasteiger partial charge < -0.3 is 39.9 Å². The third kappa shape index (κ3) is 20.9. The second-order valence-electron chi connectivity index (χ2n) is 13.1. The molecule has 0 spiro atoms. The highest BCUT2D eigenvalue weighted by atomic mass is 31.2. The molecule has 0 saturated heterocycles. The Morgan fingerprint density at radius 3 is 1.57 bits per heavy atom. The number of hydrogen-bond donors (Lipinski definition) is 6. The third-order valence-corrected chi connectivity index (χ3v) is 9.59. The van der Waals surface area contributed by atoms with E-state index in [4.69, 9.17) is 18.5 Å². The number of rotatable bonds is 29. The molecule has 0 aromatic rings. The Bertz CT molecular complexity index is 932. The standard InChI is InChI=1S/C35H65O13P/c1-3-5-7-9-11-12-13-14-15-16-18-20-22-24-29(37)47-27(25-45-28(36)23-21-19-17-10-8-6-4-2)26-46-49(43,44)48-35-33(41)31(39)30(38)32(40)34(35)42/h12-13,27,30-35,38-42H,3-11,14-26H2,1-2H3,(H,43,44)/b13-12+/t27-,30?,31-,32?,33?,34?,35?/m1/s1. The second-order valence-corrected chi connectivity index (χ2v) is 14.5. The molecular formula is C35H65O13P. The van der Waals surface area contributed by atoms with E-state index in [0.29, 0.717) is 12.8 Å². The average molecular weight is 725 g/mol. The van der Waals surface area contributed by atoms with Gasteiger partial charge in [0.15, 0.2) is 6.10 Å². The number of hydrogen-bond acceptors (Lipinski definition) is 12. The van der Waals surface area contributed by atoms with Gasteiger partial charge in [0.1, 0.15) is 43.2 Å². The summed E-state index contributed by atoms with van der Waals surface area (Å²) in [5, 5.41) is 49.8. The molecule has 0 aromatic carbocycles. The maximum Gasteiger partial charge on any atom is 0.472 e. The lowest BCUT2D eigenvalue weighted by Gasteiger charge is -2.41. The van der Waals surface area contributed by atoms with E-state index in [0.717, 1.165) is 70.6 Å². The van der Waals surface area contributed by atoms with E-state index in [-0.39, 0.29) is 12.8 Å². The van der Waals surface area contributed by atoms with Gasteiger partial charge in [0, 0.05) is 12.8 Å². The van der Waals surface area contributed by atoms with Crippen LogP contribution >= 0.6 is 7.82 Å². The smallest absolute Gasteiger partial charge is 0.462 e. The number of carbonyl (C=O) groups is 2. The lowest BCUT2D eigenvalue weighted by molar-refractivity contribution is -0.220. The van der Waals surface area contributed by atoms with Crippen LogP contribution in [-0.2, 0) is 32.7 Å². The van der Waals surface area contributed by atoms with Crippen molar-refractivity contribution in [3.8, 4) is 0 Å². The topological polar surface area (TPSA) is 210 Å². The molecule has 49 heavy (non-hydrogen) atoms. The van der Waals surface area contributed by atoms with Crippen LogP contribution in [-0.4, -0.2) is 98.3 Å². The van der Waals surface area contributed by atoms with Crippen LogP contribution in [0.3, 0.4) is 0 Å². The summed E-state index contributed by atoms with van der Waals surface area (Å²) in [4.78, 5) is 35.2. The Balaban J connectivity index is 2.56. The summed E-state index contributed by atoms with van der Waals surface area (Å²) in [6.45, 7) is 3.17. The maximum absolute atomic E-state index is 12.7.